The minimum atomic E-state index is 0.284. The molecule has 1 atom stereocenters. The predicted molar refractivity (Wildman–Crippen MR) is 80.6 cm³/mol. The van der Waals surface area contributed by atoms with Crippen LogP contribution in [0.2, 0.25) is 0 Å². The lowest BCUT2D eigenvalue weighted by Gasteiger charge is -2.23. The van der Waals surface area contributed by atoms with Crippen LogP contribution in [0.5, 0.6) is 0 Å². The number of hydrogen-bond donors (Lipinski definition) is 0. The number of hydrogen-bond acceptors (Lipinski definition) is 2. The lowest BCUT2D eigenvalue weighted by Crippen LogP contribution is -2.32. The Morgan fingerprint density at radius 2 is 2.26 bits per heavy atom. The molecule has 100 valence electrons. The van der Waals surface area contributed by atoms with Crippen LogP contribution in [0.25, 0.3) is 0 Å². The van der Waals surface area contributed by atoms with Crippen molar-refractivity contribution in [2.24, 2.45) is 5.92 Å². The summed E-state index contributed by atoms with van der Waals surface area (Å²) < 4.78 is 0. The number of amides is 1. The van der Waals surface area contributed by atoms with Crippen LogP contribution in [0.4, 0.5) is 5.69 Å². The van der Waals surface area contributed by atoms with Crippen molar-refractivity contribution in [2.45, 2.75) is 30.6 Å². The number of rotatable bonds is 2. The van der Waals surface area contributed by atoms with Crippen molar-refractivity contribution in [2.75, 3.05) is 17.2 Å². The van der Waals surface area contributed by atoms with E-state index in [9.17, 15) is 4.79 Å². The largest absolute Gasteiger partial charge is 0.311 e. The van der Waals surface area contributed by atoms with Crippen molar-refractivity contribution in [3.05, 3.63) is 36.4 Å². The van der Waals surface area contributed by atoms with Gasteiger partial charge in [-0.2, -0.15) is 0 Å². The fraction of sp³-hybridized carbons (Fsp3) is 0.438. The third-order valence-corrected chi connectivity index (χ3v) is 4.94. The molecule has 1 aliphatic carbocycles. The number of carbonyl (C=O) groups is 1. The van der Waals surface area contributed by atoms with Gasteiger partial charge in [0.2, 0.25) is 5.91 Å². The van der Waals surface area contributed by atoms with Crippen LogP contribution in [0.3, 0.4) is 0 Å². The molecule has 3 rings (SSSR count). The van der Waals surface area contributed by atoms with E-state index in [1.807, 2.05) is 22.7 Å². The maximum absolute atomic E-state index is 12.6. The van der Waals surface area contributed by atoms with Crippen LogP contribution in [0.1, 0.15) is 25.7 Å². The molecule has 1 aromatic rings. The molecular weight excluding hydrogens is 254 g/mol. The molecule has 1 aliphatic heterocycles. The van der Waals surface area contributed by atoms with Crippen LogP contribution in [0, 0.1) is 5.92 Å². The number of carbonyl (C=O) groups excluding carboxylic acids is 1. The van der Waals surface area contributed by atoms with Crippen LogP contribution in [0.15, 0.2) is 41.3 Å². The van der Waals surface area contributed by atoms with Gasteiger partial charge in [-0.05, 0) is 43.1 Å². The normalized spacial score (nSPS) is 22.1. The zero-order valence-electron chi connectivity index (χ0n) is 11.0. The summed E-state index contributed by atoms with van der Waals surface area (Å²) in [7, 11) is 0. The van der Waals surface area contributed by atoms with E-state index in [-0.39, 0.29) is 5.91 Å². The first kappa shape index (κ1) is 12.8. The highest BCUT2D eigenvalue weighted by molar-refractivity contribution is 7.99. The molecule has 1 heterocycles. The first-order valence-corrected chi connectivity index (χ1v) is 8.02. The summed E-state index contributed by atoms with van der Waals surface area (Å²) in [5, 5.41) is 0. The second-order valence-electron chi connectivity index (χ2n) is 5.18. The van der Waals surface area contributed by atoms with Crippen molar-refractivity contribution < 1.29 is 4.79 Å². The minimum absolute atomic E-state index is 0.284. The van der Waals surface area contributed by atoms with Gasteiger partial charge in [0.25, 0.3) is 0 Å². The molecule has 0 radical (unpaired) electrons. The van der Waals surface area contributed by atoms with Crippen molar-refractivity contribution in [3.63, 3.8) is 0 Å². The van der Waals surface area contributed by atoms with Crippen molar-refractivity contribution in [1.82, 2.24) is 0 Å². The van der Waals surface area contributed by atoms with E-state index in [0.29, 0.717) is 12.3 Å². The highest BCUT2D eigenvalue weighted by Crippen LogP contribution is 2.34. The molecule has 0 aromatic heterocycles. The fourth-order valence-corrected chi connectivity index (χ4v) is 3.78. The topological polar surface area (TPSA) is 20.3 Å². The second-order valence-corrected chi connectivity index (χ2v) is 6.32. The van der Waals surface area contributed by atoms with Crippen molar-refractivity contribution >= 4 is 23.4 Å². The molecule has 2 aliphatic rings. The monoisotopic (exact) mass is 273 g/mol. The van der Waals surface area contributed by atoms with E-state index in [0.717, 1.165) is 37.2 Å². The molecule has 1 amide bonds. The lowest BCUT2D eigenvalue weighted by molar-refractivity contribution is -0.119. The van der Waals surface area contributed by atoms with Gasteiger partial charge >= 0.3 is 0 Å². The maximum Gasteiger partial charge on any atom is 0.227 e. The van der Waals surface area contributed by atoms with Gasteiger partial charge in [-0.25, -0.2) is 0 Å². The number of anilines is 1. The quantitative estimate of drug-likeness (QED) is 0.762. The number of nitrogens with zero attached hydrogens (tertiary/aromatic N) is 1. The molecule has 0 saturated carbocycles. The standard InChI is InChI=1S/C16H19NOS/c18-16(12-13-6-1-2-7-13)17-10-5-11-19-15-9-4-3-8-14(15)17/h1,3-4,6,8-9,13H,2,5,7,10-12H2. The molecule has 0 spiro atoms. The summed E-state index contributed by atoms with van der Waals surface area (Å²) in [4.78, 5) is 15.8. The third-order valence-electron chi connectivity index (χ3n) is 3.79. The number of para-hydroxylation sites is 1. The van der Waals surface area contributed by atoms with E-state index in [1.165, 1.54) is 4.90 Å². The second kappa shape index (κ2) is 5.83. The van der Waals surface area contributed by atoms with Gasteiger partial charge in [0, 0.05) is 17.9 Å². The number of benzene rings is 1. The van der Waals surface area contributed by atoms with E-state index in [2.05, 4.69) is 30.4 Å². The molecule has 19 heavy (non-hydrogen) atoms. The highest BCUT2D eigenvalue weighted by atomic mass is 32.2. The molecule has 0 bridgehead atoms. The first-order chi connectivity index (χ1) is 9.34. The van der Waals surface area contributed by atoms with Gasteiger partial charge in [-0.1, -0.05) is 24.3 Å². The predicted octanol–water partition coefficient (Wildman–Crippen LogP) is 3.87. The molecule has 0 fully saturated rings. The minimum Gasteiger partial charge on any atom is -0.311 e. The van der Waals surface area contributed by atoms with Gasteiger partial charge in [0.15, 0.2) is 0 Å². The fourth-order valence-electron chi connectivity index (χ4n) is 2.79. The Bertz CT molecular complexity index is 497. The summed E-state index contributed by atoms with van der Waals surface area (Å²) >= 11 is 1.87. The SMILES string of the molecule is O=C(CC1C=CCC1)N1CCCSc2ccccc21. The summed E-state index contributed by atoms with van der Waals surface area (Å²) in [5.74, 6) is 1.84. The summed E-state index contributed by atoms with van der Waals surface area (Å²) in [5.41, 5.74) is 1.11. The van der Waals surface area contributed by atoms with Crippen LogP contribution < -0.4 is 4.90 Å². The Labute approximate surface area is 118 Å². The Morgan fingerprint density at radius 1 is 1.37 bits per heavy atom. The van der Waals surface area contributed by atoms with E-state index < -0.39 is 0 Å². The molecule has 0 saturated heterocycles. The molecule has 2 nitrogen and oxygen atoms in total. The van der Waals surface area contributed by atoms with Crippen LogP contribution in [-0.2, 0) is 4.79 Å². The van der Waals surface area contributed by atoms with E-state index in [1.54, 1.807) is 0 Å². The zero-order valence-corrected chi connectivity index (χ0v) is 11.9. The van der Waals surface area contributed by atoms with Gasteiger partial charge in [0.05, 0.1) is 5.69 Å². The number of fused-ring (bicyclic) bond motifs is 1. The van der Waals surface area contributed by atoms with Crippen molar-refractivity contribution in [1.29, 1.82) is 0 Å². The maximum atomic E-state index is 12.6. The Balaban J connectivity index is 1.79. The van der Waals surface area contributed by atoms with Crippen molar-refractivity contribution in [3.8, 4) is 0 Å². The Hall–Kier alpha value is -1.22. The average Bonchev–Trinajstić information content (AvgIpc) is 2.83. The van der Waals surface area contributed by atoms with Gasteiger partial charge < -0.3 is 4.90 Å². The smallest absolute Gasteiger partial charge is 0.227 e. The number of allylic oxidation sites excluding steroid dienone is 2. The summed E-state index contributed by atoms with van der Waals surface area (Å²) in [6.07, 6.45) is 8.40. The average molecular weight is 273 g/mol. The van der Waals surface area contributed by atoms with E-state index >= 15 is 0 Å². The van der Waals surface area contributed by atoms with E-state index in [4.69, 9.17) is 0 Å². The van der Waals surface area contributed by atoms with Crippen LogP contribution >= 0.6 is 11.8 Å². The zero-order chi connectivity index (χ0) is 13.1. The molecular formula is C16H19NOS. The number of thioether (sulfide) groups is 1. The molecule has 1 unspecified atom stereocenters. The Kier molecular flexibility index (Phi) is 3.92. The van der Waals surface area contributed by atoms with Crippen LogP contribution in [-0.4, -0.2) is 18.2 Å². The molecule has 1 aromatic carbocycles. The summed E-state index contributed by atoms with van der Waals surface area (Å²) in [6.45, 7) is 0.860. The highest BCUT2D eigenvalue weighted by Gasteiger charge is 2.23. The third kappa shape index (κ3) is 2.86. The lowest BCUT2D eigenvalue weighted by atomic mass is 10.0. The van der Waals surface area contributed by atoms with Gasteiger partial charge in [-0.3, -0.25) is 4.79 Å². The molecule has 0 N–H and O–H groups in total. The molecule has 3 heteroatoms. The Morgan fingerprint density at radius 3 is 3.11 bits per heavy atom. The van der Waals surface area contributed by atoms with Gasteiger partial charge in [-0.15, -0.1) is 11.8 Å². The summed E-state index contributed by atoms with van der Waals surface area (Å²) in [6, 6.07) is 8.29. The first-order valence-electron chi connectivity index (χ1n) is 7.03. The van der Waals surface area contributed by atoms with Gasteiger partial charge in [0.1, 0.15) is 0 Å².